The molecule has 0 aromatic heterocycles. The van der Waals surface area contributed by atoms with Crippen LogP contribution in [0.5, 0.6) is 0 Å². The molecule has 12 heteroatoms. The lowest BCUT2D eigenvalue weighted by molar-refractivity contribution is -0.111. The van der Waals surface area contributed by atoms with Crippen LogP contribution in [0, 0.1) is 0 Å². The van der Waals surface area contributed by atoms with E-state index in [0.717, 1.165) is 12.8 Å². The molecule has 216 valence electrons. The number of hydrogen-bond donors (Lipinski definition) is 2. The Kier molecular flexibility index (Phi) is 17.4. The van der Waals surface area contributed by atoms with Crippen LogP contribution in [0.1, 0.15) is 67.2 Å². The van der Waals surface area contributed by atoms with Crippen LogP contribution in [-0.2, 0) is 36.0 Å². The first kappa shape index (κ1) is 34.1. The first-order valence-electron chi connectivity index (χ1n) is 13.7. The molecular formula is C24H52O10Si2. The van der Waals surface area contributed by atoms with Gasteiger partial charge < -0.3 is 46.2 Å². The van der Waals surface area contributed by atoms with Crippen molar-refractivity contribution in [3.8, 4) is 0 Å². The van der Waals surface area contributed by atoms with Crippen molar-refractivity contribution in [3.63, 3.8) is 0 Å². The molecule has 1 rings (SSSR count). The lowest BCUT2D eigenvalue weighted by atomic mass is 9.89. The van der Waals surface area contributed by atoms with Crippen molar-refractivity contribution in [1.29, 1.82) is 0 Å². The van der Waals surface area contributed by atoms with Gasteiger partial charge in [-0.3, -0.25) is 0 Å². The number of aliphatic hydroxyl groups excluding tert-OH is 2. The summed E-state index contributed by atoms with van der Waals surface area (Å²) in [6, 6.07) is 1.33. The molecule has 0 radical (unpaired) electrons. The maximum absolute atomic E-state index is 10.0. The van der Waals surface area contributed by atoms with E-state index < -0.39 is 29.3 Å². The molecule has 0 amide bonds. The summed E-state index contributed by atoms with van der Waals surface area (Å²) in [5.74, 6) is 0. The summed E-state index contributed by atoms with van der Waals surface area (Å²) in [6.45, 7) is 15.2. The highest BCUT2D eigenvalue weighted by molar-refractivity contribution is 6.61. The van der Waals surface area contributed by atoms with E-state index in [1.165, 1.54) is 0 Å². The van der Waals surface area contributed by atoms with Crippen molar-refractivity contribution in [1.82, 2.24) is 0 Å². The predicted octanol–water partition coefficient (Wildman–Crippen LogP) is 3.15. The normalized spacial score (nSPS) is 17.5. The molecule has 1 fully saturated rings. The average molecular weight is 557 g/mol. The van der Waals surface area contributed by atoms with E-state index >= 15 is 0 Å². The smallest absolute Gasteiger partial charge is 0.394 e. The summed E-state index contributed by atoms with van der Waals surface area (Å²) < 4.78 is 48.3. The van der Waals surface area contributed by atoms with Crippen molar-refractivity contribution in [3.05, 3.63) is 0 Å². The zero-order valence-electron chi connectivity index (χ0n) is 23.4. The van der Waals surface area contributed by atoms with Crippen LogP contribution in [0.2, 0.25) is 12.1 Å². The Labute approximate surface area is 220 Å². The van der Waals surface area contributed by atoms with Crippen LogP contribution in [0.4, 0.5) is 0 Å². The summed E-state index contributed by atoms with van der Waals surface area (Å²) in [7, 11) is -5.59. The standard InChI is InChI=1S/C24H52O10Si2/c1-7-29-35(30-8-2,31-9-3)17-13-15-24(23-21-27-23,28-20-22(26)19-25)16-14-18-36(32-10-4,33-11-5)34-12-6/h22-23,25-26H,7-21H2,1-6H3. The molecule has 0 spiro atoms. The van der Waals surface area contributed by atoms with Crippen LogP contribution in [0.3, 0.4) is 0 Å². The van der Waals surface area contributed by atoms with Crippen molar-refractivity contribution < 1.29 is 46.2 Å². The highest BCUT2D eigenvalue weighted by Gasteiger charge is 2.50. The number of rotatable bonds is 25. The van der Waals surface area contributed by atoms with Crippen molar-refractivity contribution in [2.45, 2.75) is 97.1 Å². The average Bonchev–Trinajstić information content (AvgIpc) is 3.69. The fourth-order valence-electron chi connectivity index (χ4n) is 4.56. The van der Waals surface area contributed by atoms with E-state index in [0.29, 0.717) is 71.2 Å². The number of hydrogen-bond acceptors (Lipinski definition) is 10. The molecule has 0 saturated carbocycles. The molecule has 0 bridgehead atoms. The van der Waals surface area contributed by atoms with Gasteiger partial charge in [-0.15, -0.1) is 0 Å². The zero-order valence-corrected chi connectivity index (χ0v) is 25.4. The Morgan fingerprint density at radius 2 is 1.11 bits per heavy atom. The minimum absolute atomic E-state index is 0.0340. The molecule has 0 aromatic rings. The monoisotopic (exact) mass is 556 g/mol. The molecule has 10 nitrogen and oxygen atoms in total. The van der Waals surface area contributed by atoms with Crippen LogP contribution >= 0.6 is 0 Å². The van der Waals surface area contributed by atoms with Crippen LogP contribution in [0.15, 0.2) is 0 Å². The summed E-state index contributed by atoms with van der Waals surface area (Å²) >= 11 is 0. The summed E-state index contributed by atoms with van der Waals surface area (Å²) in [5, 5.41) is 19.4. The van der Waals surface area contributed by atoms with Crippen LogP contribution < -0.4 is 0 Å². The zero-order chi connectivity index (χ0) is 26.9. The quantitative estimate of drug-likeness (QED) is 0.128. The van der Waals surface area contributed by atoms with Crippen LogP contribution in [-0.4, -0.2) is 105 Å². The van der Waals surface area contributed by atoms with Gasteiger partial charge >= 0.3 is 17.6 Å². The topological polar surface area (TPSA) is 118 Å². The Bertz CT molecular complexity index is 487. The predicted molar refractivity (Wildman–Crippen MR) is 141 cm³/mol. The molecule has 36 heavy (non-hydrogen) atoms. The third kappa shape index (κ3) is 11.4. The molecule has 1 saturated heterocycles. The minimum atomic E-state index is -2.79. The van der Waals surface area contributed by atoms with E-state index in [2.05, 4.69) is 0 Å². The van der Waals surface area contributed by atoms with E-state index in [1.54, 1.807) is 0 Å². The lowest BCUT2D eigenvalue weighted by Gasteiger charge is -2.36. The Morgan fingerprint density at radius 3 is 1.39 bits per heavy atom. The van der Waals surface area contributed by atoms with Gasteiger partial charge in [0.25, 0.3) is 0 Å². The van der Waals surface area contributed by atoms with Crippen LogP contribution in [0.25, 0.3) is 0 Å². The second kappa shape index (κ2) is 18.3. The molecule has 0 aliphatic carbocycles. The largest absolute Gasteiger partial charge is 0.500 e. The van der Waals surface area contributed by atoms with Gasteiger partial charge in [-0.1, -0.05) is 0 Å². The van der Waals surface area contributed by atoms with E-state index in [9.17, 15) is 10.2 Å². The second-order valence-corrected chi connectivity index (χ2v) is 14.2. The number of ether oxygens (including phenoxy) is 2. The SMILES string of the molecule is CCO[Si](CCCC(CCC[Si](OCC)(OCC)OCC)(OCC(O)CO)C1CO1)(OCC)OCC. The number of aliphatic hydroxyl groups is 2. The lowest BCUT2D eigenvalue weighted by Crippen LogP contribution is -2.48. The van der Waals surface area contributed by atoms with E-state index in [4.69, 9.17) is 36.0 Å². The van der Waals surface area contributed by atoms with E-state index in [-0.39, 0.29) is 19.3 Å². The van der Waals surface area contributed by atoms with Gasteiger partial charge in [-0.2, -0.15) is 0 Å². The fourth-order valence-corrected chi connectivity index (χ4v) is 9.79. The third-order valence-electron chi connectivity index (χ3n) is 6.05. The summed E-state index contributed by atoms with van der Waals surface area (Å²) in [5.41, 5.74) is -0.619. The number of epoxide rings is 1. The van der Waals surface area contributed by atoms with Gasteiger partial charge in [0, 0.05) is 51.7 Å². The minimum Gasteiger partial charge on any atom is -0.394 e. The first-order chi connectivity index (χ1) is 17.3. The molecule has 2 atom stereocenters. The van der Waals surface area contributed by atoms with Gasteiger partial charge in [0.2, 0.25) is 0 Å². The molecule has 2 N–H and O–H groups in total. The fraction of sp³-hybridized carbons (Fsp3) is 1.00. The van der Waals surface area contributed by atoms with Crippen molar-refractivity contribution in [2.24, 2.45) is 0 Å². The molecule has 1 aliphatic heterocycles. The summed E-state index contributed by atoms with van der Waals surface area (Å²) in [6.07, 6.45) is 1.86. The highest BCUT2D eigenvalue weighted by atomic mass is 28.4. The first-order valence-corrected chi connectivity index (χ1v) is 17.6. The molecular weight excluding hydrogens is 504 g/mol. The molecule has 1 heterocycles. The second-order valence-electron chi connectivity index (χ2n) is 8.71. The Hall–Kier alpha value is 0.0338. The molecule has 1 aliphatic rings. The van der Waals surface area contributed by atoms with Crippen molar-refractivity contribution >= 4 is 17.6 Å². The van der Waals surface area contributed by atoms with Gasteiger partial charge in [0.15, 0.2) is 0 Å². The molecule has 0 aromatic carbocycles. The Morgan fingerprint density at radius 1 is 0.750 bits per heavy atom. The molecule has 2 unspecified atom stereocenters. The van der Waals surface area contributed by atoms with E-state index in [1.807, 2.05) is 41.5 Å². The third-order valence-corrected chi connectivity index (χ3v) is 12.3. The Balaban J connectivity index is 3.01. The summed E-state index contributed by atoms with van der Waals surface area (Å²) in [4.78, 5) is 0. The van der Waals surface area contributed by atoms with Gasteiger partial charge in [-0.05, 0) is 67.2 Å². The van der Waals surface area contributed by atoms with Gasteiger partial charge in [0.1, 0.15) is 12.2 Å². The van der Waals surface area contributed by atoms with Gasteiger partial charge in [-0.25, -0.2) is 0 Å². The maximum atomic E-state index is 10.0. The van der Waals surface area contributed by atoms with Gasteiger partial charge in [0.05, 0.1) is 25.4 Å². The maximum Gasteiger partial charge on any atom is 0.500 e. The highest BCUT2D eigenvalue weighted by Crippen LogP contribution is 2.39. The van der Waals surface area contributed by atoms with Crippen molar-refractivity contribution in [2.75, 3.05) is 59.5 Å².